The third-order valence-corrected chi connectivity index (χ3v) is 4.86. The van der Waals surface area contributed by atoms with Gasteiger partial charge in [-0.2, -0.15) is 0 Å². The molecule has 1 fully saturated rings. The van der Waals surface area contributed by atoms with Gasteiger partial charge < -0.3 is 9.47 Å². The Hall–Kier alpha value is -1.77. The van der Waals surface area contributed by atoms with Crippen molar-refractivity contribution in [2.24, 2.45) is 0 Å². The molecular weight excluding hydrogens is 270 g/mol. The van der Waals surface area contributed by atoms with E-state index in [0.29, 0.717) is 0 Å². The Morgan fingerprint density at radius 3 is 2.59 bits per heavy atom. The van der Waals surface area contributed by atoms with E-state index in [1.807, 2.05) is 6.20 Å². The Morgan fingerprint density at radius 2 is 1.91 bits per heavy atom. The minimum atomic E-state index is 0.936. The van der Waals surface area contributed by atoms with E-state index in [0.717, 1.165) is 19.6 Å². The molecule has 2 aromatic heterocycles. The van der Waals surface area contributed by atoms with E-state index in [-0.39, 0.29) is 0 Å². The van der Waals surface area contributed by atoms with E-state index in [1.165, 1.54) is 52.8 Å². The minimum Gasteiger partial charge on any atom is -0.355 e. The fourth-order valence-electron chi connectivity index (χ4n) is 3.42. The first kappa shape index (κ1) is 15.1. The van der Waals surface area contributed by atoms with Crippen molar-refractivity contribution in [2.45, 2.75) is 53.5 Å². The fraction of sp³-hybridized carbons (Fsp3) is 0.526. The maximum absolute atomic E-state index is 4.76. The number of pyridine rings is 1. The highest BCUT2D eigenvalue weighted by Crippen LogP contribution is 2.32. The first-order valence-electron chi connectivity index (χ1n) is 8.42. The lowest BCUT2D eigenvalue weighted by Gasteiger charge is -2.28. The second-order valence-corrected chi connectivity index (χ2v) is 6.68. The maximum atomic E-state index is 4.76. The Bertz CT molecular complexity index is 699. The summed E-state index contributed by atoms with van der Waals surface area (Å²) in [6.45, 7) is 12.0. The number of hydrogen-bond donors (Lipinski definition) is 0. The van der Waals surface area contributed by atoms with Gasteiger partial charge in [0.2, 0.25) is 0 Å². The summed E-state index contributed by atoms with van der Waals surface area (Å²) in [5, 5.41) is 1.36. The van der Waals surface area contributed by atoms with Crippen molar-refractivity contribution < 1.29 is 0 Å². The van der Waals surface area contributed by atoms with E-state index < -0.39 is 0 Å². The molecule has 0 aromatic carbocycles. The predicted molar refractivity (Wildman–Crippen MR) is 94.7 cm³/mol. The summed E-state index contributed by atoms with van der Waals surface area (Å²) in [7, 11) is 0. The molecule has 0 bridgehead atoms. The molecule has 0 unspecified atom stereocenters. The van der Waals surface area contributed by atoms with Gasteiger partial charge >= 0.3 is 0 Å². The van der Waals surface area contributed by atoms with Gasteiger partial charge in [-0.05, 0) is 58.6 Å². The average Bonchev–Trinajstić information content (AvgIpc) is 2.78. The zero-order valence-electron chi connectivity index (χ0n) is 14.3. The predicted octanol–water partition coefficient (Wildman–Crippen LogP) is 4.61. The van der Waals surface area contributed by atoms with Gasteiger partial charge in [0.25, 0.3) is 0 Å². The number of rotatable bonds is 3. The summed E-state index contributed by atoms with van der Waals surface area (Å²) >= 11 is 0. The Morgan fingerprint density at radius 1 is 1.18 bits per heavy atom. The molecule has 0 aliphatic carbocycles. The minimum absolute atomic E-state index is 0.936. The van der Waals surface area contributed by atoms with Gasteiger partial charge in [-0.25, -0.2) is 4.98 Å². The summed E-state index contributed by atoms with van der Waals surface area (Å²) in [6, 6.07) is 2.17. The second-order valence-electron chi connectivity index (χ2n) is 6.68. The van der Waals surface area contributed by atoms with E-state index in [9.17, 15) is 0 Å². The van der Waals surface area contributed by atoms with Gasteiger partial charge in [0.05, 0.1) is 5.52 Å². The van der Waals surface area contributed by atoms with E-state index in [2.05, 4.69) is 49.3 Å². The van der Waals surface area contributed by atoms with E-state index in [4.69, 9.17) is 4.98 Å². The Balaban J connectivity index is 2.16. The molecule has 1 aliphatic heterocycles. The number of allylic oxidation sites excluding steroid dienone is 2. The first-order valence-corrected chi connectivity index (χ1v) is 8.42. The van der Waals surface area contributed by atoms with Crippen molar-refractivity contribution >= 4 is 16.7 Å². The molecule has 3 nitrogen and oxygen atoms in total. The molecular formula is C19H27N3. The van der Waals surface area contributed by atoms with Crippen LogP contribution in [0.3, 0.4) is 0 Å². The number of piperidine rings is 1. The molecule has 2 aromatic rings. The third kappa shape index (κ3) is 2.65. The number of nitrogens with zero attached hydrogens (tertiary/aromatic N) is 3. The topological polar surface area (TPSA) is 21.1 Å². The van der Waals surface area contributed by atoms with Gasteiger partial charge in [-0.1, -0.05) is 11.6 Å². The molecule has 3 rings (SSSR count). The summed E-state index contributed by atoms with van der Waals surface area (Å²) in [4.78, 5) is 7.23. The van der Waals surface area contributed by atoms with Crippen LogP contribution in [0, 0.1) is 13.8 Å². The molecule has 1 aliphatic rings. The van der Waals surface area contributed by atoms with Gasteiger partial charge in [0.15, 0.2) is 5.82 Å². The smallest absolute Gasteiger partial charge is 0.153 e. The molecule has 22 heavy (non-hydrogen) atoms. The van der Waals surface area contributed by atoms with Gasteiger partial charge in [0, 0.05) is 36.9 Å². The number of aromatic nitrogens is 2. The lowest BCUT2D eigenvalue weighted by Crippen LogP contribution is -2.30. The van der Waals surface area contributed by atoms with Crippen LogP contribution in [-0.4, -0.2) is 22.6 Å². The van der Waals surface area contributed by atoms with Crippen molar-refractivity contribution in [3.8, 4) is 0 Å². The van der Waals surface area contributed by atoms with Crippen LogP contribution in [0.15, 0.2) is 23.9 Å². The lowest BCUT2D eigenvalue weighted by atomic mass is 10.1. The van der Waals surface area contributed by atoms with E-state index in [1.54, 1.807) is 0 Å². The maximum Gasteiger partial charge on any atom is 0.153 e. The van der Waals surface area contributed by atoms with Crippen LogP contribution in [0.4, 0.5) is 5.82 Å². The van der Waals surface area contributed by atoms with Crippen LogP contribution >= 0.6 is 0 Å². The van der Waals surface area contributed by atoms with Crippen molar-refractivity contribution in [2.75, 3.05) is 18.0 Å². The summed E-state index contributed by atoms with van der Waals surface area (Å²) in [5.41, 5.74) is 5.43. The summed E-state index contributed by atoms with van der Waals surface area (Å²) in [6.07, 6.45) is 8.20. The molecule has 0 atom stereocenters. The zero-order chi connectivity index (χ0) is 15.7. The van der Waals surface area contributed by atoms with Crippen LogP contribution < -0.4 is 4.90 Å². The molecule has 3 heteroatoms. The van der Waals surface area contributed by atoms with Crippen LogP contribution in [0.2, 0.25) is 0 Å². The van der Waals surface area contributed by atoms with Crippen LogP contribution in [0.1, 0.15) is 44.4 Å². The molecule has 0 spiro atoms. The van der Waals surface area contributed by atoms with Crippen molar-refractivity contribution in [1.29, 1.82) is 0 Å². The number of fused-ring (bicyclic) bond motifs is 1. The first-order chi connectivity index (χ1) is 10.6. The average molecular weight is 297 g/mol. The monoisotopic (exact) mass is 297 g/mol. The lowest BCUT2D eigenvalue weighted by molar-refractivity contribution is 0.574. The third-order valence-electron chi connectivity index (χ3n) is 4.86. The van der Waals surface area contributed by atoms with E-state index >= 15 is 0 Å². The zero-order valence-corrected chi connectivity index (χ0v) is 14.3. The highest BCUT2D eigenvalue weighted by Gasteiger charge is 2.20. The normalized spacial score (nSPS) is 15.4. The fourth-order valence-corrected chi connectivity index (χ4v) is 3.42. The van der Waals surface area contributed by atoms with Crippen molar-refractivity contribution in [1.82, 2.24) is 9.55 Å². The molecule has 0 N–H and O–H groups in total. The van der Waals surface area contributed by atoms with Gasteiger partial charge in [-0.15, -0.1) is 0 Å². The van der Waals surface area contributed by atoms with Crippen LogP contribution in [-0.2, 0) is 6.54 Å². The SMILES string of the molecule is CC(C)=CCn1c(C)c(C)c2ccnc(N3CCCCC3)c21. The molecule has 0 amide bonds. The van der Waals surface area contributed by atoms with Crippen LogP contribution in [0.25, 0.3) is 10.9 Å². The highest BCUT2D eigenvalue weighted by molar-refractivity contribution is 5.93. The Kier molecular flexibility index (Phi) is 4.23. The summed E-state index contributed by atoms with van der Waals surface area (Å²) in [5.74, 6) is 1.18. The standard InChI is InChI=1S/C19H27N3/c1-14(2)9-13-22-16(4)15(3)17-8-10-20-19(18(17)22)21-11-6-5-7-12-21/h8-10H,5-7,11-13H2,1-4H3. The molecule has 1 saturated heterocycles. The van der Waals surface area contributed by atoms with Gasteiger partial charge in [0.1, 0.15) is 0 Å². The molecule has 118 valence electrons. The Labute approximate surface area is 133 Å². The largest absolute Gasteiger partial charge is 0.355 e. The highest BCUT2D eigenvalue weighted by atomic mass is 15.2. The summed E-state index contributed by atoms with van der Waals surface area (Å²) < 4.78 is 2.44. The number of anilines is 1. The van der Waals surface area contributed by atoms with Crippen molar-refractivity contribution in [3.63, 3.8) is 0 Å². The molecule has 3 heterocycles. The number of aryl methyl sites for hydroxylation is 1. The van der Waals surface area contributed by atoms with Crippen molar-refractivity contribution in [3.05, 3.63) is 35.2 Å². The molecule has 0 saturated carbocycles. The van der Waals surface area contributed by atoms with Gasteiger partial charge in [-0.3, -0.25) is 0 Å². The van der Waals surface area contributed by atoms with Crippen LogP contribution in [0.5, 0.6) is 0 Å². The number of hydrogen-bond acceptors (Lipinski definition) is 2. The second kappa shape index (κ2) is 6.15. The quantitative estimate of drug-likeness (QED) is 0.771. The molecule has 0 radical (unpaired) electrons.